The summed E-state index contributed by atoms with van der Waals surface area (Å²) in [7, 11) is 0. The molecular weight excluding hydrogens is 514 g/mol. The van der Waals surface area contributed by atoms with Crippen molar-refractivity contribution in [1.29, 1.82) is 0 Å². The molecule has 41 heavy (non-hydrogen) atoms. The van der Waals surface area contributed by atoms with Crippen LogP contribution in [0, 0.1) is 5.92 Å². The molecule has 0 radical (unpaired) electrons. The number of ether oxygens (including phenoxy) is 1. The molecule has 3 saturated heterocycles. The largest absolute Gasteiger partial charge is 0.381 e. The van der Waals surface area contributed by atoms with Crippen LogP contribution in [0.3, 0.4) is 0 Å². The van der Waals surface area contributed by atoms with Gasteiger partial charge in [-0.25, -0.2) is 9.97 Å². The Morgan fingerprint density at radius 3 is 2.59 bits per heavy atom. The number of fused-ring (bicyclic) bond motifs is 1. The number of amides is 1. The summed E-state index contributed by atoms with van der Waals surface area (Å²) in [5, 5.41) is 9.09. The van der Waals surface area contributed by atoms with E-state index in [-0.39, 0.29) is 17.4 Å². The Balaban J connectivity index is 1.16. The molecule has 0 saturated carbocycles. The van der Waals surface area contributed by atoms with Crippen LogP contribution in [0.5, 0.6) is 0 Å². The van der Waals surface area contributed by atoms with E-state index in [0.29, 0.717) is 6.04 Å². The molecule has 6 heterocycles. The van der Waals surface area contributed by atoms with Crippen LogP contribution in [0.1, 0.15) is 52.4 Å². The normalized spacial score (nSPS) is 19.5. The van der Waals surface area contributed by atoms with Crippen LogP contribution >= 0.6 is 0 Å². The lowest BCUT2D eigenvalue weighted by Gasteiger charge is -2.36. The van der Waals surface area contributed by atoms with Gasteiger partial charge >= 0.3 is 0 Å². The zero-order chi connectivity index (χ0) is 28.2. The van der Waals surface area contributed by atoms with Crippen LogP contribution in [0.25, 0.3) is 22.0 Å². The minimum atomic E-state index is -0.222. The monoisotopic (exact) mass is 557 g/mol. The highest BCUT2D eigenvalue weighted by Gasteiger charge is 2.31. The predicted molar refractivity (Wildman–Crippen MR) is 163 cm³/mol. The second-order valence-corrected chi connectivity index (χ2v) is 12.5. The molecule has 6 rings (SSSR count). The maximum absolute atomic E-state index is 13.3. The van der Waals surface area contributed by atoms with E-state index >= 15 is 0 Å². The van der Waals surface area contributed by atoms with Gasteiger partial charge in [-0.15, -0.1) is 0 Å². The number of carbonyl (C=O) groups is 1. The van der Waals surface area contributed by atoms with Crippen molar-refractivity contribution in [3.05, 3.63) is 42.9 Å². The molecule has 0 spiro atoms. The average Bonchev–Trinajstić information content (AvgIpc) is 3.49. The first-order chi connectivity index (χ1) is 19.9. The number of hydrogen-bond donors (Lipinski definition) is 2. The lowest BCUT2D eigenvalue weighted by Crippen LogP contribution is -2.53. The number of nitrogens with one attached hydrogen (secondary N) is 2. The van der Waals surface area contributed by atoms with Gasteiger partial charge in [0.2, 0.25) is 5.91 Å². The Hall–Kier alpha value is -3.30. The van der Waals surface area contributed by atoms with E-state index in [9.17, 15) is 4.79 Å². The number of pyridine rings is 3. The molecule has 9 heteroatoms. The summed E-state index contributed by atoms with van der Waals surface area (Å²) in [6.07, 6.45) is 11.7. The molecule has 3 aromatic rings. The third kappa shape index (κ3) is 6.79. The quantitative estimate of drug-likeness (QED) is 0.418. The average molecular weight is 558 g/mol. The molecule has 0 atom stereocenters. The summed E-state index contributed by atoms with van der Waals surface area (Å²) in [5.74, 6) is 2.04. The van der Waals surface area contributed by atoms with E-state index in [1.165, 1.54) is 12.8 Å². The molecule has 2 N–H and O–H groups in total. The molecule has 1 amide bonds. The first kappa shape index (κ1) is 27.8. The third-order valence-electron chi connectivity index (χ3n) is 8.68. The summed E-state index contributed by atoms with van der Waals surface area (Å²) in [6.45, 7) is 10.7. The summed E-state index contributed by atoms with van der Waals surface area (Å²) in [5.41, 5.74) is 1.71. The molecule has 3 aliphatic rings. The SMILES string of the molecule is CC(C)(CN1CCCC1)NC(=O)C1CCN(c2nc(-c3ccnc(NC4CCOCC4)c3)cc3cnccc23)CC1. The topological polar surface area (TPSA) is 95.5 Å². The Morgan fingerprint density at radius 1 is 1.02 bits per heavy atom. The minimum Gasteiger partial charge on any atom is -0.381 e. The number of likely N-dealkylation sites (tertiary alicyclic amines) is 1. The van der Waals surface area contributed by atoms with Gasteiger partial charge in [-0.1, -0.05) is 0 Å². The van der Waals surface area contributed by atoms with Crippen LogP contribution < -0.4 is 15.5 Å². The third-order valence-corrected chi connectivity index (χ3v) is 8.68. The number of aromatic nitrogens is 3. The predicted octanol–water partition coefficient (Wildman–Crippen LogP) is 4.49. The van der Waals surface area contributed by atoms with E-state index in [1.807, 2.05) is 30.7 Å². The number of piperidine rings is 1. The van der Waals surface area contributed by atoms with Crippen molar-refractivity contribution in [3.63, 3.8) is 0 Å². The van der Waals surface area contributed by atoms with Crippen LogP contribution in [0.4, 0.5) is 11.6 Å². The Morgan fingerprint density at radius 2 is 1.80 bits per heavy atom. The fraction of sp³-hybridized carbons (Fsp3) is 0.562. The Kier molecular flexibility index (Phi) is 8.35. The fourth-order valence-electron chi connectivity index (χ4n) is 6.52. The van der Waals surface area contributed by atoms with Crippen LogP contribution in [0.15, 0.2) is 42.9 Å². The zero-order valence-corrected chi connectivity index (χ0v) is 24.4. The molecule has 0 aliphatic carbocycles. The van der Waals surface area contributed by atoms with Gasteiger partial charge in [0.05, 0.1) is 5.69 Å². The minimum absolute atomic E-state index is 0.0271. The number of hydrogen-bond acceptors (Lipinski definition) is 8. The van der Waals surface area contributed by atoms with E-state index in [2.05, 4.69) is 56.4 Å². The van der Waals surface area contributed by atoms with Gasteiger partial charge in [0.1, 0.15) is 11.6 Å². The maximum Gasteiger partial charge on any atom is 0.223 e. The second-order valence-electron chi connectivity index (χ2n) is 12.5. The molecule has 3 aliphatic heterocycles. The Labute approximate surface area is 243 Å². The first-order valence-corrected chi connectivity index (χ1v) is 15.3. The van der Waals surface area contributed by atoms with Crippen molar-refractivity contribution in [2.45, 2.75) is 64.0 Å². The number of nitrogens with zero attached hydrogens (tertiary/aromatic N) is 5. The van der Waals surface area contributed by atoms with Gasteiger partial charge in [0, 0.05) is 85.3 Å². The van der Waals surface area contributed by atoms with E-state index in [1.54, 1.807) is 0 Å². The highest BCUT2D eigenvalue weighted by atomic mass is 16.5. The van der Waals surface area contributed by atoms with Crippen LogP contribution in [-0.4, -0.2) is 83.3 Å². The molecule has 3 aromatic heterocycles. The fourth-order valence-corrected chi connectivity index (χ4v) is 6.52. The van der Waals surface area contributed by atoms with Gasteiger partial charge in [0.25, 0.3) is 0 Å². The Bertz CT molecular complexity index is 1340. The smallest absolute Gasteiger partial charge is 0.223 e. The molecule has 0 unspecified atom stereocenters. The standard InChI is InChI=1S/C32H43N7O2/c1-32(2,22-38-13-3-4-14-38)37-31(40)23-7-15-39(16-8-23)30-27-6-11-33-21-25(27)19-28(36-30)24-5-12-34-29(20-24)35-26-9-17-41-18-10-26/h5-6,11-12,19-21,23,26H,3-4,7-10,13-18,22H2,1-2H3,(H,34,35)(H,37,40). The molecular formula is C32H43N7O2. The van der Waals surface area contributed by atoms with Crippen molar-refractivity contribution >= 4 is 28.3 Å². The van der Waals surface area contributed by atoms with E-state index in [4.69, 9.17) is 9.72 Å². The summed E-state index contributed by atoms with van der Waals surface area (Å²) >= 11 is 0. The van der Waals surface area contributed by atoms with Crippen molar-refractivity contribution in [1.82, 2.24) is 25.2 Å². The highest BCUT2D eigenvalue weighted by molar-refractivity contribution is 5.94. The van der Waals surface area contributed by atoms with E-state index in [0.717, 1.165) is 105 Å². The molecule has 0 aromatic carbocycles. The second kappa shape index (κ2) is 12.3. The van der Waals surface area contributed by atoms with Crippen molar-refractivity contribution < 1.29 is 9.53 Å². The highest BCUT2D eigenvalue weighted by Crippen LogP contribution is 2.33. The molecule has 3 fully saturated rings. The van der Waals surface area contributed by atoms with Gasteiger partial charge in [-0.05, 0) is 89.7 Å². The molecule has 9 nitrogen and oxygen atoms in total. The lowest BCUT2D eigenvalue weighted by molar-refractivity contribution is -0.127. The molecule has 218 valence electrons. The van der Waals surface area contributed by atoms with E-state index < -0.39 is 0 Å². The zero-order valence-electron chi connectivity index (χ0n) is 24.4. The van der Waals surface area contributed by atoms with Crippen LogP contribution in [0.2, 0.25) is 0 Å². The van der Waals surface area contributed by atoms with Crippen LogP contribution in [-0.2, 0) is 9.53 Å². The van der Waals surface area contributed by atoms with Gasteiger partial charge in [-0.3, -0.25) is 9.78 Å². The molecule has 0 bridgehead atoms. The van der Waals surface area contributed by atoms with Crippen molar-refractivity contribution in [2.75, 3.05) is 56.2 Å². The van der Waals surface area contributed by atoms with Gasteiger partial charge in [0.15, 0.2) is 0 Å². The number of anilines is 2. The van der Waals surface area contributed by atoms with Crippen molar-refractivity contribution in [2.24, 2.45) is 5.92 Å². The summed E-state index contributed by atoms with van der Waals surface area (Å²) in [6, 6.07) is 8.64. The van der Waals surface area contributed by atoms with Gasteiger partial charge in [-0.2, -0.15) is 0 Å². The summed E-state index contributed by atoms with van der Waals surface area (Å²) < 4.78 is 5.50. The van der Waals surface area contributed by atoms with Crippen molar-refractivity contribution in [3.8, 4) is 11.3 Å². The summed E-state index contributed by atoms with van der Waals surface area (Å²) in [4.78, 5) is 32.2. The first-order valence-electron chi connectivity index (χ1n) is 15.3. The lowest BCUT2D eigenvalue weighted by atomic mass is 9.93. The van der Waals surface area contributed by atoms with Gasteiger partial charge < -0.3 is 25.2 Å². The number of carbonyl (C=O) groups excluding carboxylic acids is 1. The maximum atomic E-state index is 13.3. The number of rotatable bonds is 8.